The fourth-order valence-corrected chi connectivity index (χ4v) is 5.30. The molecule has 2 aliphatic heterocycles. The molecule has 0 atom stereocenters. The highest BCUT2D eigenvalue weighted by Crippen LogP contribution is 2.37. The van der Waals surface area contributed by atoms with Crippen LogP contribution in [0.2, 0.25) is 0 Å². The lowest BCUT2D eigenvalue weighted by Crippen LogP contribution is -2.47. The number of benzene rings is 1. The first-order chi connectivity index (χ1) is 20.7. The van der Waals surface area contributed by atoms with Gasteiger partial charge in [-0.15, -0.1) is 5.53 Å². The van der Waals surface area contributed by atoms with Crippen LogP contribution in [0.1, 0.15) is 40.0 Å². The van der Waals surface area contributed by atoms with Crippen LogP contribution in [-0.4, -0.2) is 60.6 Å². The van der Waals surface area contributed by atoms with Crippen LogP contribution in [0.3, 0.4) is 0 Å². The first kappa shape index (κ1) is 28.7. The summed E-state index contributed by atoms with van der Waals surface area (Å²) in [4.78, 5) is 26.6. The van der Waals surface area contributed by atoms with Crippen LogP contribution in [0.4, 0.5) is 30.2 Å². The monoisotopic (exact) mass is 594 g/mol. The summed E-state index contributed by atoms with van der Waals surface area (Å²) < 4.78 is 45.2. The zero-order valence-electron chi connectivity index (χ0n) is 23.9. The quantitative estimate of drug-likeness (QED) is 0.350. The number of alkyl halides is 3. The van der Waals surface area contributed by atoms with Gasteiger partial charge in [0, 0.05) is 56.2 Å². The minimum absolute atomic E-state index is 0.157. The van der Waals surface area contributed by atoms with Crippen LogP contribution in [0.5, 0.6) is 5.75 Å². The molecule has 3 aromatic rings. The highest BCUT2D eigenvalue weighted by molar-refractivity contribution is 6.04. The van der Waals surface area contributed by atoms with Gasteiger partial charge in [0.15, 0.2) is 0 Å². The van der Waals surface area contributed by atoms with E-state index in [0.717, 1.165) is 68.3 Å². The highest BCUT2D eigenvalue weighted by atomic mass is 19.4. The molecule has 3 aliphatic rings. The van der Waals surface area contributed by atoms with Crippen LogP contribution in [-0.2, 0) is 6.18 Å². The summed E-state index contributed by atoms with van der Waals surface area (Å²) >= 11 is 0. The third-order valence-corrected chi connectivity index (χ3v) is 7.90. The van der Waals surface area contributed by atoms with Gasteiger partial charge < -0.3 is 20.4 Å². The molecule has 0 spiro atoms. The average molecular weight is 595 g/mol. The Balaban J connectivity index is 1.15. The Morgan fingerprint density at radius 3 is 2.60 bits per heavy atom. The van der Waals surface area contributed by atoms with E-state index < -0.39 is 17.6 Å². The third-order valence-electron chi connectivity index (χ3n) is 7.90. The number of nitrogens with zero attached hydrogens (tertiary/aromatic N) is 5. The number of hydrogen-bond acceptors (Lipinski definition) is 9. The van der Waals surface area contributed by atoms with Gasteiger partial charge in [-0.05, 0) is 56.0 Å². The fourth-order valence-electron chi connectivity index (χ4n) is 5.30. The lowest BCUT2D eigenvalue weighted by Gasteiger charge is -2.36. The Kier molecular flexibility index (Phi) is 7.84. The van der Waals surface area contributed by atoms with Crippen molar-refractivity contribution in [3.05, 3.63) is 77.5 Å². The van der Waals surface area contributed by atoms with Gasteiger partial charge in [0.05, 0.1) is 53.5 Å². The molecule has 0 radical (unpaired) electrons. The summed E-state index contributed by atoms with van der Waals surface area (Å²) in [5.41, 5.74) is 9.49. The molecule has 1 aliphatic carbocycles. The number of aromatic nitrogens is 2. The molecule has 1 saturated carbocycles. The Bertz CT molecular complexity index is 1530. The van der Waals surface area contributed by atoms with E-state index in [4.69, 9.17) is 4.74 Å². The summed E-state index contributed by atoms with van der Waals surface area (Å²) in [7, 11) is 1.15. The van der Waals surface area contributed by atoms with Crippen LogP contribution in [0.15, 0.2) is 55.1 Å². The molecule has 3 N–H and O–H groups in total. The number of anilines is 3. The van der Waals surface area contributed by atoms with Crippen molar-refractivity contribution in [2.45, 2.75) is 25.9 Å². The maximum Gasteiger partial charge on any atom is 0.419 e. The van der Waals surface area contributed by atoms with E-state index in [1.54, 1.807) is 17.3 Å². The van der Waals surface area contributed by atoms with Crippen molar-refractivity contribution < 1.29 is 22.7 Å². The number of halogens is 3. The molecule has 13 heteroatoms. The molecule has 2 aromatic heterocycles. The molecule has 1 aromatic carbocycles. The molecule has 226 valence electrons. The molecular formula is C30H33F3N8O2. The Morgan fingerprint density at radius 1 is 1.09 bits per heavy atom. The number of carbonyl (C=O) groups excluding carboxylic acids is 1. The van der Waals surface area contributed by atoms with E-state index in [1.807, 2.05) is 19.3 Å². The van der Waals surface area contributed by atoms with Crippen LogP contribution >= 0.6 is 0 Å². The number of pyridine rings is 2. The van der Waals surface area contributed by atoms with E-state index in [1.165, 1.54) is 31.6 Å². The summed E-state index contributed by atoms with van der Waals surface area (Å²) in [5, 5.41) is 4.37. The molecule has 1 saturated heterocycles. The Morgan fingerprint density at radius 2 is 1.88 bits per heavy atom. The van der Waals surface area contributed by atoms with E-state index >= 15 is 0 Å². The van der Waals surface area contributed by atoms with Gasteiger partial charge in [-0.25, -0.2) is 0 Å². The minimum atomic E-state index is -4.67. The Labute approximate surface area is 247 Å². The van der Waals surface area contributed by atoms with Gasteiger partial charge in [-0.1, -0.05) is 0 Å². The topological polar surface area (TPSA) is 97.9 Å². The van der Waals surface area contributed by atoms with Crippen LogP contribution in [0.25, 0.3) is 5.70 Å². The van der Waals surface area contributed by atoms with Gasteiger partial charge in [0.2, 0.25) is 0 Å². The zero-order chi connectivity index (χ0) is 30.1. The van der Waals surface area contributed by atoms with E-state index in [-0.39, 0.29) is 11.3 Å². The molecule has 43 heavy (non-hydrogen) atoms. The van der Waals surface area contributed by atoms with Crippen molar-refractivity contribution in [3.8, 4) is 5.75 Å². The standard InChI is InChI=1S/C30H33F3N8O2/c1-19-27(13-23(15-35-19)36-29(42)21-5-6-28(43-2)25(12-21)30(31,32)33)41-18-26(37-38-41)22-11-24(16-34-14-22)40-9-7-39(8-10-40)17-20-3-4-20/h5-6,11-16,18,20,37-38H,3-4,7-10,17H2,1-2H3,(H,36,42). The number of nitrogens with one attached hydrogen (secondary N) is 3. The van der Waals surface area contributed by atoms with Crippen molar-refractivity contribution in [1.29, 1.82) is 0 Å². The minimum Gasteiger partial charge on any atom is -0.496 e. The highest BCUT2D eigenvalue weighted by Gasteiger charge is 2.35. The molecule has 6 rings (SSSR count). The summed E-state index contributed by atoms with van der Waals surface area (Å²) in [6.07, 6.45) is 5.07. The van der Waals surface area contributed by atoms with Crippen molar-refractivity contribution in [1.82, 2.24) is 25.8 Å². The second-order valence-electron chi connectivity index (χ2n) is 11.0. The molecule has 4 heterocycles. The molecule has 10 nitrogen and oxygen atoms in total. The van der Waals surface area contributed by atoms with E-state index in [0.29, 0.717) is 17.1 Å². The molecule has 0 bridgehead atoms. The molecular weight excluding hydrogens is 561 g/mol. The lowest BCUT2D eigenvalue weighted by atomic mass is 10.1. The largest absolute Gasteiger partial charge is 0.496 e. The van der Waals surface area contributed by atoms with Gasteiger partial charge in [-0.3, -0.25) is 24.7 Å². The maximum absolute atomic E-state index is 13.4. The van der Waals surface area contributed by atoms with Crippen LogP contribution in [0, 0.1) is 12.8 Å². The normalized spacial score (nSPS) is 17.5. The summed E-state index contributed by atoms with van der Waals surface area (Å²) in [5.74, 6) is -0.168. The third kappa shape index (κ3) is 6.52. The van der Waals surface area contributed by atoms with E-state index in [9.17, 15) is 18.0 Å². The number of piperazine rings is 1. The second kappa shape index (κ2) is 11.7. The SMILES string of the molecule is COc1ccc(C(=O)Nc2cnc(C)c(N3C=C(c4cncc(N5CCN(CC6CC6)CC5)c4)NN3)c2)cc1C(F)(F)F. The number of methoxy groups -OCH3 is 1. The maximum atomic E-state index is 13.4. The predicted molar refractivity (Wildman–Crippen MR) is 157 cm³/mol. The number of hydrogen-bond donors (Lipinski definition) is 3. The smallest absolute Gasteiger partial charge is 0.419 e. The number of ether oxygens (including phenoxy) is 1. The van der Waals surface area contributed by atoms with Crippen molar-refractivity contribution in [3.63, 3.8) is 0 Å². The van der Waals surface area contributed by atoms with Crippen LogP contribution < -0.4 is 30.9 Å². The summed E-state index contributed by atoms with van der Waals surface area (Å²) in [6, 6.07) is 6.98. The molecule has 2 fully saturated rings. The second-order valence-corrected chi connectivity index (χ2v) is 11.0. The van der Waals surface area contributed by atoms with E-state index in [2.05, 4.69) is 42.1 Å². The number of hydrazine groups is 2. The molecule has 1 amide bonds. The molecule has 0 unspecified atom stereocenters. The van der Waals surface area contributed by atoms with Crippen molar-refractivity contribution >= 4 is 28.7 Å². The first-order valence-electron chi connectivity index (χ1n) is 14.2. The zero-order valence-corrected chi connectivity index (χ0v) is 23.9. The number of rotatable bonds is 8. The average Bonchev–Trinajstić information content (AvgIpc) is 3.69. The number of aryl methyl sites for hydroxylation is 1. The predicted octanol–water partition coefficient (Wildman–Crippen LogP) is 4.42. The summed E-state index contributed by atoms with van der Waals surface area (Å²) in [6.45, 7) is 7.07. The van der Waals surface area contributed by atoms with Gasteiger partial charge in [0.25, 0.3) is 5.91 Å². The van der Waals surface area contributed by atoms with Crippen molar-refractivity contribution in [2.24, 2.45) is 5.92 Å². The fraction of sp³-hybridized carbons (Fsp3) is 0.367. The number of carbonyl (C=O) groups is 1. The van der Waals surface area contributed by atoms with Gasteiger partial charge in [0.1, 0.15) is 5.75 Å². The van der Waals surface area contributed by atoms with Crippen molar-refractivity contribution in [2.75, 3.05) is 55.1 Å². The lowest BCUT2D eigenvalue weighted by molar-refractivity contribution is -0.138. The van der Waals surface area contributed by atoms with Gasteiger partial charge in [-0.2, -0.15) is 13.2 Å². The first-order valence-corrected chi connectivity index (χ1v) is 14.2. The van der Waals surface area contributed by atoms with Gasteiger partial charge >= 0.3 is 6.18 Å². The Hall–Kier alpha value is -4.36. The number of amides is 1.